The van der Waals surface area contributed by atoms with Gasteiger partial charge in [0.2, 0.25) is 18.2 Å². The third-order valence-corrected chi connectivity index (χ3v) is 7.51. The van der Waals surface area contributed by atoms with Gasteiger partial charge in [-0.1, -0.05) is 58.1 Å². The van der Waals surface area contributed by atoms with Crippen LogP contribution in [0.2, 0.25) is 5.02 Å². The lowest BCUT2D eigenvalue weighted by Crippen LogP contribution is -2.60. The third-order valence-electron chi connectivity index (χ3n) is 7.26. The van der Waals surface area contributed by atoms with E-state index in [1.165, 1.54) is 4.90 Å². The summed E-state index contributed by atoms with van der Waals surface area (Å²) in [6.07, 6.45) is 4.59. The molecular weight excluding hydrogens is 512 g/mol. The summed E-state index contributed by atoms with van der Waals surface area (Å²) in [4.78, 5) is 53.7. The molecule has 1 aliphatic carbocycles. The van der Waals surface area contributed by atoms with Crippen molar-refractivity contribution in [2.24, 2.45) is 17.3 Å². The van der Waals surface area contributed by atoms with E-state index in [1.54, 1.807) is 29.2 Å². The van der Waals surface area contributed by atoms with E-state index in [4.69, 9.17) is 16.3 Å². The van der Waals surface area contributed by atoms with E-state index < -0.39 is 23.5 Å². The lowest BCUT2D eigenvalue weighted by molar-refractivity contribution is -0.156. The number of hydrogen-bond acceptors (Lipinski definition) is 6. The number of carbonyl (C=O) groups excluding carboxylic acids is 4. The molecule has 2 atom stereocenters. The number of hydroxylamine groups is 2. The lowest BCUT2D eigenvalue weighted by atomic mass is 9.84. The van der Waals surface area contributed by atoms with E-state index in [-0.39, 0.29) is 18.4 Å². The minimum absolute atomic E-state index is 0.120. The first kappa shape index (κ1) is 29.7. The highest BCUT2D eigenvalue weighted by molar-refractivity contribution is 6.30. The van der Waals surface area contributed by atoms with E-state index in [1.807, 2.05) is 20.8 Å². The molecule has 0 bridgehead atoms. The number of amides is 4. The summed E-state index contributed by atoms with van der Waals surface area (Å²) < 4.78 is 5.40. The molecule has 3 rings (SSSR count). The van der Waals surface area contributed by atoms with Crippen molar-refractivity contribution in [1.82, 2.24) is 20.2 Å². The maximum absolute atomic E-state index is 13.6. The Morgan fingerprint density at radius 1 is 1.11 bits per heavy atom. The predicted octanol–water partition coefficient (Wildman–Crippen LogP) is 3.56. The van der Waals surface area contributed by atoms with Gasteiger partial charge in [0.1, 0.15) is 11.8 Å². The molecule has 11 heteroatoms. The van der Waals surface area contributed by atoms with Crippen LogP contribution in [0.5, 0.6) is 5.75 Å². The topological polar surface area (TPSA) is 119 Å². The van der Waals surface area contributed by atoms with Crippen LogP contribution in [0.3, 0.4) is 0 Å². The molecule has 1 saturated carbocycles. The third kappa shape index (κ3) is 8.33. The molecule has 38 heavy (non-hydrogen) atoms. The van der Waals surface area contributed by atoms with Gasteiger partial charge in [-0.25, -0.2) is 9.86 Å². The largest absolute Gasteiger partial charge is 0.415 e. The Balaban J connectivity index is 1.61. The number of halogens is 1. The molecule has 1 aromatic carbocycles. The standard InChI is InChI=1S/C27H39ClN4O6/c1-27(2,3)23(29-24(34)20(17-32(37)18-33)16-19-6-4-5-7-19)25(35)30-12-14-31(15-13-30)26(36)38-22-10-8-21(28)9-11-22/h8-11,18-20,23,37H,4-7,12-17H2,1-3H3,(H,29,34)/t20?,23-/m1/s1. The number of carbonyl (C=O) groups is 4. The van der Waals surface area contributed by atoms with Crippen molar-refractivity contribution < 1.29 is 29.1 Å². The summed E-state index contributed by atoms with van der Waals surface area (Å²) in [5.74, 6) is -0.457. The average molecular weight is 551 g/mol. The highest BCUT2D eigenvalue weighted by Gasteiger charge is 2.39. The van der Waals surface area contributed by atoms with E-state index >= 15 is 0 Å². The molecule has 1 heterocycles. The molecule has 0 aromatic heterocycles. The van der Waals surface area contributed by atoms with Gasteiger partial charge < -0.3 is 19.9 Å². The zero-order valence-corrected chi connectivity index (χ0v) is 23.2. The minimum atomic E-state index is -0.808. The molecule has 2 aliphatic rings. The molecule has 1 unspecified atom stereocenters. The predicted molar refractivity (Wildman–Crippen MR) is 142 cm³/mol. The van der Waals surface area contributed by atoms with Crippen LogP contribution in [-0.2, 0) is 14.4 Å². The van der Waals surface area contributed by atoms with Crippen molar-refractivity contribution in [1.29, 1.82) is 0 Å². The van der Waals surface area contributed by atoms with Crippen molar-refractivity contribution in [3.8, 4) is 5.75 Å². The van der Waals surface area contributed by atoms with Gasteiger partial charge in [-0.2, -0.15) is 0 Å². The maximum atomic E-state index is 13.6. The normalized spacial score (nSPS) is 18.0. The highest BCUT2D eigenvalue weighted by atomic mass is 35.5. The van der Waals surface area contributed by atoms with Gasteiger partial charge >= 0.3 is 6.09 Å². The van der Waals surface area contributed by atoms with Gasteiger partial charge in [0, 0.05) is 31.2 Å². The number of ether oxygens (including phenoxy) is 1. The Morgan fingerprint density at radius 3 is 2.24 bits per heavy atom. The van der Waals surface area contributed by atoms with Crippen LogP contribution in [-0.4, -0.2) is 83.2 Å². The van der Waals surface area contributed by atoms with Crippen LogP contribution in [0, 0.1) is 17.3 Å². The first-order chi connectivity index (χ1) is 18.0. The number of hydrogen-bond donors (Lipinski definition) is 2. The van der Waals surface area contributed by atoms with E-state index in [0.29, 0.717) is 60.8 Å². The molecule has 1 saturated heterocycles. The summed E-state index contributed by atoms with van der Waals surface area (Å²) >= 11 is 5.87. The Kier molecular flexibility index (Phi) is 10.4. The molecule has 2 N–H and O–H groups in total. The van der Waals surface area contributed by atoms with Crippen molar-refractivity contribution in [2.75, 3.05) is 32.7 Å². The molecule has 4 amide bonds. The van der Waals surface area contributed by atoms with Crippen LogP contribution in [0.4, 0.5) is 4.79 Å². The van der Waals surface area contributed by atoms with Gasteiger partial charge in [-0.05, 0) is 42.0 Å². The van der Waals surface area contributed by atoms with E-state index in [2.05, 4.69) is 5.32 Å². The maximum Gasteiger partial charge on any atom is 0.415 e. The van der Waals surface area contributed by atoms with Crippen molar-refractivity contribution in [3.63, 3.8) is 0 Å². The molecule has 0 radical (unpaired) electrons. The van der Waals surface area contributed by atoms with E-state index in [0.717, 1.165) is 25.7 Å². The molecule has 1 aliphatic heterocycles. The second kappa shape index (κ2) is 13.3. The monoisotopic (exact) mass is 550 g/mol. The Labute approximate surface area is 229 Å². The quantitative estimate of drug-likeness (QED) is 0.276. The van der Waals surface area contributed by atoms with Gasteiger partial charge in [0.25, 0.3) is 0 Å². The number of benzene rings is 1. The van der Waals surface area contributed by atoms with Crippen LogP contribution < -0.4 is 10.1 Å². The summed E-state index contributed by atoms with van der Waals surface area (Å²) in [6, 6.07) is 5.69. The van der Waals surface area contributed by atoms with Crippen molar-refractivity contribution in [3.05, 3.63) is 29.3 Å². The summed E-state index contributed by atoms with van der Waals surface area (Å²) in [7, 11) is 0. The second-order valence-corrected chi connectivity index (χ2v) is 11.7. The van der Waals surface area contributed by atoms with Gasteiger partial charge in [-0.3, -0.25) is 19.6 Å². The summed E-state index contributed by atoms with van der Waals surface area (Å²) in [6.45, 7) is 6.72. The molecule has 0 spiro atoms. The zero-order chi connectivity index (χ0) is 27.9. The SMILES string of the molecule is CC(C)(C)[C@H](NC(=O)C(CC1CCCC1)CN(O)C=O)C(=O)N1CCN(C(=O)Oc2ccc(Cl)cc2)CC1. The number of nitrogens with zero attached hydrogens (tertiary/aromatic N) is 3. The minimum Gasteiger partial charge on any atom is -0.410 e. The number of rotatable bonds is 9. The van der Waals surface area contributed by atoms with Crippen LogP contribution in [0.15, 0.2) is 24.3 Å². The second-order valence-electron chi connectivity index (χ2n) is 11.3. The lowest BCUT2D eigenvalue weighted by Gasteiger charge is -2.39. The molecule has 2 fully saturated rings. The Bertz CT molecular complexity index is 969. The fraction of sp³-hybridized carbons (Fsp3) is 0.630. The average Bonchev–Trinajstić information content (AvgIpc) is 3.40. The summed E-state index contributed by atoms with van der Waals surface area (Å²) in [5, 5.41) is 13.8. The molecule has 210 valence electrons. The summed E-state index contributed by atoms with van der Waals surface area (Å²) in [5.41, 5.74) is -0.584. The Morgan fingerprint density at radius 2 is 1.68 bits per heavy atom. The molecular formula is C27H39ClN4O6. The first-order valence-corrected chi connectivity index (χ1v) is 13.6. The first-order valence-electron chi connectivity index (χ1n) is 13.2. The highest BCUT2D eigenvalue weighted by Crippen LogP contribution is 2.31. The fourth-order valence-corrected chi connectivity index (χ4v) is 5.18. The van der Waals surface area contributed by atoms with Crippen LogP contribution >= 0.6 is 11.6 Å². The zero-order valence-electron chi connectivity index (χ0n) is 22.4. The number of nitrogens with one attached hydrogen (secondary N) is 1. The Hall–Kier alpha value is -2.85. The van der Waals surface area contributed by atoms with Gasteiger partial charge in [0.05, 0.1) is 12.5 Å². The fourth-order valence-electron chi connectivity index (χ4n) is 5.05. The molecule has 1 aromatic rings. The van der Waals surface area contributed by atoms with Gasteiger partial charge in [-0.15, -0.1) is 0 Å². The van der Waals surface area contributed by atoms with Crippen molar-refractivity contribution in [2.45, 2.75) is 58.9 Å². The van der Waals surface area contributed by atoms with E-state index in [9.17, 15) is 24.4 Å². The smallest absolute Gasteiger partial charge is 0.410 e. The van der Waals surface area contributed by atoms with Crippen LogP contribution in [0.25, 0.3) is 0 Å². The molecule has 10 nitrogen and oxygen atoms in total. The van der Waals surface area contributed by atoms with Gasteiger partial charge in [0.15, 0.2) is 0 Å². The van der Waals surface area contributed by atoms with Crippen LogP contribution in [0.1, 0.15) is 52.9 Å². The number of piperazine rings is 1. The van der Waals surface area contributed by atoms with Crippen molar-refractivity contribution >= 4 is 35.9 Å².